The Bertz CT molecular complexity index is 3060. The number of carbonyl (C=O) groups is 2. The lowest BCUT2D eigenvalue weighted by Gasteiger charge is -2.24. The number of aryl methyl sites for hydroxylation is 4. The molecule has 0 saturated carbocycles. The minimum atomic E-state index is -1.53. The van der Waals surface area contributed by atoms with Gasteiger partial charge in [-0.15, -0.1) is 21.5 Å². The molecule has 0 fully saturated rings. The van der Waals surface area contributed by atoms with Crippen LogP contribution in [-0.4, -0.2) is 86.0 Å². The molecule has 2 unspecified atom stereocenters. The number of carboxylic acid groups (broad SMARTS) is 1. The van der Waals surface area contributed by atoms with Crippen molar-refractivity contribution in [3.05, 3.63) is 139 Å². The predicted molar refractivity (Wildman–Crippen MR) is 287 cm³/mol. The first kappa shape index (κ1) is 51.9. The largest absolute Gasteiger partial charge is 0.494 e. The maximum Gasteiger partial charge on any atom is 0.304 e. The van der Waals surface area contributed by atoms with Gasteiger partial charge in [-0.1, -0.05) is 60.8 Å². The number of ether oxygens (including phenoxy) is 2. The summed E-state index contributed by atoms with van der Waals surface area (Å²) in [6, 6.07) is 22.6. The second-order valence-electron chi connectivity index (χ2n) is 18.6. The van der Waals surface area contributed by atoms with E-state index in [1.807, 2.05) is 85.7 Å². The van der Waals surface area contributed by atoms with Crippen molar-refractivity contribution in [3.63, 3.8) is 0 Å². The number of rotatable bonds is 19. The van der Waals surface area contributed by atoms with Gasteiger partial charge in [-0.25, -0.2) is 8.51 Å². The number of aliphatic imine (C=N–C) groups is 1. The Morgan fingerprint density at radius 3 is 2.54 bits per heavy atom. The minimum absolute atomic E-state index is 0.0896. The average molecular weight is 1030 g/mol. The molecule has 18 heteroatoms. The number of methoxy groups -OCH3 is 1. The molecule has 0 spiro atoms. The van der Waals surface area contributed by atoms with Gasteiger partial charge in [0.15, 0.2) is 5.82 Å². The Labute approximate surface area is 432 Å². The lowest BCUT2D eigenvalue weighted by atomic mass is 9.86. The van der Waals surface area contributed by atoms with E-state index in [4.69, 9.17) is 31.8 Å². The number of nitrogens with zero attached hydrogens (tertiary/aromatic N) is 7. The van der Waals surface area contributed by atoms with Crippen LogP contribution >= 0.6 is 22.9 Å². The third-order valence-electron chi connectivity index (χ3n) is 13.5. The highest BCUT2D eigenvalue weighted by atomic mass is 35.5. The zero-order chi connectivity index (χ0) is 51.4. The molecule has 4 aromatic carbocycles. The van der Waals surface area contributed by atoms with Crippen molar-refractivity contribution < 1.29 is 28.4 Å². The molecule has 2 aliphatic rings. The maximum atomic E-state index is 14.3. The summed E-state index contributed by atoms with van der Waals surface area (Å²) in [6.45, 7) is 15.1. The van der Waals surface area contributed by atoms with Crippen LogP contribution in [-0.2, 0) is 33.5 Å². The summed E-state index contributed by atoms with van der Waals surface area (Å²) in [5, 5.41) is 29.2. The number of aliphatic carboxylic acids is 1. The van der Waals surface area contributed by atoms with Crippen LogP contribution in [0.1, 0.15) is 118 Å². The summed E-state index contributed by atoms with van der Waals surface area (Å²) in [6.07, 6.45) is 4.27. The zero-order valence-electron chi connectivity index (χ0n) is 41.8. The molecule has 2 aliphatic heterocycles. The summed E-state index contributed by atoms with van der Waals surface area (Å²) in [5.41, 5.74) is 15.8. The normalized spacial score (nSPS) is 16.8. The molecule has 15 nitrogen and oxygen atoms in total. The van der Waals surface area contributed by atoms with Gasteiger partial charge >= 0.3 is 5.97 Å². The number of halogens is 1. The summed E-state index contributed by atoms with van der Waals surface area (Å²) >= 11 is 7.95. The number of hydrogen-bond donors (Lipinski definition) is 3. The molecule has 4 N–H and O–H groups in total. The van der Waals surface area contributed by atoms with Crippen molar-refractivity contribution in [2.45, 2.75) is 109 Å². The van der Waals surface area contributed by atoms with Gasteiger partial charge in [0.05, 0.1) is 36.2 Å². The van der Waals surface area contributed by atoms with Crippen LogP contribution in [0.4, 0.5) is 11.4 Å². The zero-order valence-corrected chi connectivity index (χ0v) is 44.2. The number of carbonyl (C=O) groups excluding carboxylic acids is 1. The number of amides is 1. The van der Waals surface area contributed by atoms with Gasteiger partial charge in [-0.3, -0.25) is 24.2 Å². The van der Waals surface area contributed by atoms with E-state index in [9.17, 15) is 18.9 Å². The van der Waals surface area contributed by atoms with E-state index in [2.05, 4.69) is 45.7 Å². The van der Waals surface area contributed by atoms with E-state index < -0.39 is 28.9 Å². The fraction of sp³-hybridized carbons (Fsp3) is 0.370. The van der Waals surface area contributed by atoms with Crippen LogP contribution in [0, 0.1) is 27.7 Å². The maximum absolute atomic E-state index is 14.3. The molecule has 0 radical (unpaired) electrons. The summed E-state index contributed by atoms with van der Waals surface area (Å²) < 4.78 is 30.4. The van der Waals surface area contributed by atoms with Crippen LogP contribution in [0.25, 0.3) is 5.00 Å². The fourth-order valence-corrected chi connectivity index (χ4v) is 12.2. The van der Waals surface area contributed by atoms with Crippen molar-refractivity contribution in [1.29, 1.82) is 0 Å². The van der Waals surface area contributed by atoms with Crippen LogP contribution in [0.2, 0.25) is 5.02 Å². The number of nitrogen functional groups attached to an aromatic ring is 1. The number of fused-ring (bicyclic) bond motifs is 4. The molecule has 8 rings (SSSR count). The number of carboxylic acids is 1. The van der Waals surface area contributed by atoms with Gasteiger partial charge in [0, 0.05) is 60.3 Å². The van der Waals surface area contributed by atoms with Gasteiger partial charge < -0.3 is 25.6 Å². The number of nitrogens with two attached hydrogens (primary N) is 1. The molecule has 0 saturated heterocycles. The molecule has 0 bridgehead atoms. The molecular formula is C54H62ClN9O6S2. The van der Waals surface area contributed by atoms with E-state index >= 15 is 0 Å². The number of anilines is 2. The summed E-state index contributed by atoms with van der Waals surface area (Å²) in [7, 11) is 1.71. The van der Waals surface area contributed by atoms with E-state index in [-0.39, 0.29) is 24.9 Å². The number of hydrazone groups is 1. The van der Waals surface area contributed by atoms with Crippen LogP contribution < -0.4 is 25.5 Å². The standard InChI is InChI=1S/C54H62ClN9O6S2/c1-31-14-16-38(42(27-49(66)67)39-25-43(56)52(62(7)57-6)46(26-39)69-8)24-40(31)30-63-29-32(2)70-45-23-36(15-21-47(45)72(63)68)13-11-9-10-12-22-58-48(65)28-44-53-61-60-35(5)64(53)54-50(33(3)34(4)71-54)51(59-44)37-17-19-41(55)20-18-37/h14-21,23-26,32,42,44H,6,9-13,22,27-30,56H2,1-5,7-8H3,(H,58,65)(H,66,67)/t32-,42?,44+,72?/m1/s1. The first-order valence-corrected chi connectivity index (χ1v) is 26.4. The number of thiophene rings is 1. The molecule has 4 heterocycles. The number of nitrogens with one attached hydrogen (secondary N) is 1. The van der Waals surface area contributed by atoms with E-state index in [0.29, 0.717) is 63.8 Å². The minimum Gasteiger partial charge on any atom is -0.494 e. The monoisotopic (exact) mass is 1030 g/mol. The molecule has 2 aromatic heterocycles. The van der Waals surface area contributed by atoms with Crippen LogP contribution in [0.15, 0.2) is 87.8 Å². The SMILES string of the molecule is C=NN(C)c1c(N)cc(C(CC(=O)O)c2ccc(C)c(CN3C[C@@H](C)Oc4cc(CCCCCCNC(=O)C[C@@H]5N=C(c6ccc(Cl)cc6)c6c(sc(C)c6C)-n6c(C)nnc65)ccc4S3=O)c2)cc1OC. The smallest absolute Gasteiger partial charge is 0.304 e. The highest BCUT2D eigenvalue weighted by Gasteiger charge is 2.33. The number of unbranched alkanes of at least 4 members (excludes halogenated alkanes) is 3. The van der Waals surface area contributed by atoms with Crippen molar-refractivity contribution >= 4 is 69.6 Å². The highest BCUT2D eigenvalue weighted by molar-refractivity contribution is 7.82. The highest BCUT2D eigenvalue weighted by Crippen LogP contribution is 2.42. The number of hydrogen-bond acceptors (Lipinski definition) is 12. The van der Waals surface area contributed by atoms with Crippen molar-refractivity contribution in [1.82, 2.24) is 24.4 Å². The van der Waals surface area contributed by atoms with E-state index in [1.54, 1.807) is 30.5 Å². The Morgan fingerprint density at radius 1 is 1.04 bits per heavy atom. The number of benzene rings is 4. The predicted octanol–water partition coefficient (Wildman–Crippen LogP) is 9.97. The van der Waals surface area contributed by atoms with Gasteiger partial charge in [0.1, 0.15) is 51.1 Å². The third kappa shape index (κ3) is 11.3. The Balaban J connectivity index is 0.864. The van der Waals surface area contributed by atoms with Gasteiger partial charge in [0.25, 0.3) is 0 Å². The Kier molecular flexibility index (Phi) is 16.3. The lowest BCUT2D eigenvalue weighted by Crippen LogP contribution is -2.32. The van der Waals surface area contributed by atoms with Crippen LogP contribution in [0.5, 0.6) is 11.5 Å². The fourth-order valence-electron chi connectivity index (χ4n) is 9.53. The summed E-state index contributed by atoms with van der Waals surface area (Å²) in [5.74, 6) is 0.882. The quantitative estimate of drug-likeness (QED) is 0.0305. The second kappa shape index (κ2) is 22.6. The van der Waals surface area contributed by atoms with Gasteiger partial charge in [-0.05, 0) is 124 Å². The first-order chi connectivity index (χ1) is 34.5. The molecule has 4 atom stereocenters. The van der Waals surface area contributed by atoms with E-state index in [0.717, 1.165) is 87.6 Å². The summed E-state index contributed by atoms with van der Waals surface area (Å²) in [4.78, 5) is 32.8. The number of aromatic nitrogens is 3. The van der Waals surface area contributed by atoms with Crippen molar-refractivity contribution in [3.8, 4) is 16.5 Å². The van der Waals surface area contributed by atoms with Gasteiger partial charge in [0.2, 0.25) is 5.91 Å². The molecule has 6 aromatic rings. The topological polar surface area (TPSA) is 190 Å². The second-order valence-corrected chi connectivity index (χ2v) is 21.7. The van der Waals surface area contributed by atoms with Crippen LogP contribution in [0.3, 0.4) is 0 Å². The van der Waals surface area contributed by atoms with Gasteiger partial charge in [-0.2, -0.15) is 5.10 Å². The molecular weight excluding hydrogens is 970 g/mol. The Hall–Kier alpha value is -6.40. The Morgan fingerprint density at radius 2 is 1.81 bits per heavy atom. The molecule has 0 aliphatic carbocycles. The first-order valence-electron chi connectivity index (χ1n) is 24.1. The molecule has 1 amide bonds. The van der Waals surface area contributed by atoms with E-state index in [1.165, 1.54) is 17.0 Å². The van der Waals surface area contributed by atoms with Crippen molar-refractivity contribution in [2.24, 2.45) is 10.1 Å². The lowest BCUT2D eigenvalue weighted by molar-refractivity contribution is -0.137. The third-order valence-corrected chi connectivity index (χ3v) is 16.4. The van der Waals surface area contributed by atoms with Crippen molar-refractivity contribution in [2.75, 3.05) is 38.0 Å². The average Bonchev–Trinajstić information content (AvgIpc) is 3.79. The molecule has 378 valence electrons. The molecule has 72 heavy (non-hydrogen) atoms.